The Balaban J connectivity index is 2.12. The third kappa shape index (κ3) is 2.35. The number of amides is 2. The van der Waals surface area contributed by atoms with Crippen LogP contribution in [-0.2, 0) is 16.6 Å². The molecule has 0 unspecified atom stereocenters. The summed E-state index contributed by atoms with van der Waals surface area (Å²) in [6, 6.07) is 1.92. The SMILES string of the molecule is Cn1cc(C#N)c(NC(=O)C2=NNC(=O)CC2)n1. The van der Waals surface area contributed by atoms with E-state index in [1.807, 2.05) is 6.07 Å². The van der Waals surface area contributed by atoms with Crippen LogP contribution in [0.1, 0.15) is 18.4 Å². The fourth-order valence-electron chi connectivity index (χ4n) is 1.48. The molecule has 1 aromatic rings. The number of nitrogens with one attached hydrogen (secondary N) is 2. The van der Waals surface area contributed by atoms with Crippen molar-refractivity contribution in [2.45, 2.75) is 12.8 Å². The Bertz CT molecular complexity index is 580. The largest absolute Gasteiger partial charge is 0.303 e. The molecule has 0 fully saturated rings. The first-order chi connectivity index (χ1) is 8.60. The average Bonchev–Trinajstić information content (AvgIpc) is 2.70. The summed E-state index contributed by atoms with van der Waals surface area (Å²) in [6.07, 6.45) is 1.99. The van der Waals surface area contributed by atoms with Crippen molar-refractivity contribution in [3.63, 3.8) is 0 Å². The van der Waals surface area contributed by atoms with Gasteiger partial charge in [-0.1, -0.05) is 0 Å². The van der Waals surface area contributed by atoms with Crippen molar-refractivity contribution in [3.8, 4) is 6.07 Å². The summed E-state index contributed by atoms with van der Waals surface area (Å²) in [5.41, 5.74) is 2.71. The van der Waals surface area contributed by atoms with E-state index in [1.165, 1.54) is 10.9 Å². The quantitative estimate of drug-likeness (QED) is 0.732. The summed E-state index contributed by atoms with van der Waals surface area (Å²) in [6.45, 7) is 0. The van der Waals surface area contributed by atoms with Gasteiger partial charge in [0, 0.05) is 26.1 Å². The minimum Gasteiger partial charge on any atom is -0.303 e. The Morgan fingerprint density at radius 1 is 1.61 bits per heavy atom. The first-order valence-corrected chi connectivity index (χ1v) is 5.20. The molecule has 0 aliphatic carbocycles. The Hall–Kier alpha value is -2.69. The van der Waals surface area contributed by atoms with E-state index in [-0.39, 0.29) is 35.8 Å². The maximum absolute atomic E-state index is 11.8. The number of nitrogens with zero attached hydrogens (tertiary/aromatic N) is 4. The van der Waals surface area contributed by atoms with Crippen LogP contribution in [0.25, 0.3) is 0 Å². The van der Waals surface area contributed by atoms with Gasteiger partial charge in [-0.15, -0.1) is 0 Å². The molecule has 0 spiro atoms. The number of hydrogen-bond acceptors (Lipinski definition) is 5. The van der Waals surface area contributed by atoms with E-state index < -0.39 is 5.91 Å². The molecular weight excluding hydrogens is 236 g/mol. The van der Waals surface area contributed by atoms with Gasteiger partial charge in [-0.3, -0.25) is 14.3 Å². The Kier molecular flexibility index (Phi) is 3.05. The van der Waals surface area contributed by atoms with Crippen LogP contribution in [0.15, 0.2) is 11.3 Å². The fraction of sp³-hybridized carbons (Fsp3) is 0.300. The summed E-state index contributed by atoms with van der Waals surface area (Å²) in [5, 5.41) is 18.9. The lowest BCUT2D eigenvalue weighted by Gasteiger charge is -2.10. The standard InChI is InChI=1S/C10H10N6O2/c1-16-5-6(4-11)9(15-16)12-10(18)7-2-3-8(17)14-13-7/h5H,2-3H2,1H3,(H,14,17)(H,12,15,18). The van der Waals surface area contributed by atoms with Gasteiger partial charge < -0.3 is 5.32 Å². The Labute approximate surface area is 102 Å². The molecule has 2 amide bonds. The van der Waals surface area contributed by atoms with Gasteiger partial charge in [-0.2, -0.15) is 15.5 Å². The second-order valence-electron chi connectivity index (χ2n) is 3.72. The van der Waals surface area contributed by atoms with Gasteiger partial charge in [0.1, 0.15) is 17.3 Å². The normalized spacial score (nSPS) is 14.4. The first-order valence-electron chi connectivity index (χ1n) is 5.20. The molecule has 0 aromatic carbocycles. The molecule has 0 radical (unpaired) electrons. The van der Waals surface area contributed by atoms with Gasteiger partial charge >= 0.3 is 0 Å². The van der Waals surface area contributed by atoms with Crippen molar-refractivity contribution in [2.24, 2.45) is 12.1 Å². The van der Waals surface area contributed by atoms with E-state index in [1.54, 1.807) is 7.05 Å². The van der Waals surface area contributed by atoms with Crippen LogP contribution < -0.4 is 10.7 Å². The highest BCUT2D eigenvalue weighted by atomic mass is 16.2. The van der Waals surface area contributed by atoms with Gasteiger partial charge in [0.2, 0.25) is 5.91 Å². The zero-order valence-electron chi connectivity index (χ0n) is 9.60. The van der Waals surface area contributed by atoms with Gasteiger partial charge in [0.25, 0.3) is 5.91 Å². The number of hydrazone groups is 1. The summed E-state index contributed by atoms with van der Waals surface area (Å²) < 4.78 is 1.43. The molecule has 2 rings (SSSR count). The predicted molar refractivity (Wildman–Crippen MR) is 61.4 cm³/mol. The van der Waals surface area contributed by atoms with Crippen LogP contribution in [0.3, 0.4) is 0 Å². The minimum absolute atomic E-state index is 0.185. The van der Waals surface area contributed by atoms with Gasteiger partial charge in [-0.25, -0.2) is 5.43 Å². The molecule has 0 saturated carbocycles. The molecule has 18 heavy (non-hydrogen) atoms. The lowest BCUT2D eigenvalue weighted by Crippen LogP contribution is -2.33. The van der Waals surface area contributed by atoms with Crippen molar-refractivity contribution >= 4 is 23.3 Å². The summed E-state index contributed by atoms with van der Waals surface area (Å²) in [7, 11) is 1.65. The second-order valence-corrected chi connectivity index (χ2v) is 3.72. The number of rotatable bonds is 2. The average molecular weight is 246 g/mol. The second kappa shape index (κ2) is 4.67. The van der Waals surface area contributed by atoms with E-state index in [4.69, 9.17) is 5.26 Å². The van der Waals surface area contributed by atoms with E-state index >= 15 is 0 Å². The van der Waals surface area contributed by atoms with Crippen molar-refractivity contribution in [1.29, 1.82) is 5.26 Å². The van der Waals surface area contributed by atoms with Crippen LogP contribution in [0.4, 0.5) is 5.82 Å². The molecule has 1 aromatic heterocycles. The molecule has 2 heterocycles. The Morgan fingerprint density at radius 2 is 2.39 bits per heavy atom. The maximum Gasteiger partial charge on any atom is 0.273 e. The molecule has 8 heteroatoms. The van der Waals surface area contributed by atoms with Crippen molar-refractivity contribution in [2.75, 3.05) is 5.32 Å². The van der Waals surface area contributed by atoms with Crippen molar-refractivity contribution in [1.82, 2.24) is 15.2 Å². The number of carbonyl (C=O) groups is 2. The predicted octanol–water partition coefficient (Wildman–Crippen LogP) is -0.504. The summed E-state index contributed by atoms with van der Waals surface area (Å²) in [4.78, 5) is 22.7. The van der Waals surface area contributed by atoms with E-state index in [0.717, 1.165) is 0 Å². The van der Waals surface area contributed by atoms with Gasteiger partial charge in [-0.05, 0) is 0 Å². The number of nitriles is 1. The summed E-state index contributed by atoms with van der Waals surface area (Å²) in [5.74, 6) is -0.503. The Morgan fingerprint density at radius 3 is 3.00 bits per heavy atom. The molecule has 92 valence electrons. The number of aryl methyl sites for hydroxylation is 1. The molecule has 0 bridgehead atoms. The van der Waals surface area contributed by atoms with E-state index in [2.05, 4.69) is 20.9 Å². The fourth-order valence-corrected chi connectivity index (χ4v) is 1.48. The first kappa shape index (κ1) is 11.8. The van der Waals surface area contributed by atoms with Crippen molar-refractivity contribution < 1.29 is 9.59 Å². The number of anilines is 1. The van der Waals surface area contributed by atoms with Crippen LogP contribution in [0, 0.1) is 11.3 Å². The molecule has 8 nitrogen and oxygen atoms in total. The summed E-state index contributed by atoms with van der Waals surface area (Å²) >= 11 is 0. The highest BCUT2D eigenvalue weighted by molar-refractivity contribution is 6.43. The van der Waals surface area contributed by atoms with Crippen LogP contribution in [0.2, 0.25) is 0 Å². The molecule has 2 N–H and O–H groups in total. The maximum atomic E-state index is 11.8. The molecule has 0 atom stereocenters. The zero-order valence-corrected chi connectivity index (χ0v) is 9.60. The minimum atomic E-state index is -0.467. The molecule has 1 aliphatic rings. The van der Waals surface area contributed by atoms with Crippen molar-refractivity contribution in [3.05, 3.63) is 11.8 Å². The van der Waals surface area contributed by atoms with E-state index in [0.29, 0.717) is 0 Å². The van der Waals surface area contributed by atoms with Gasteiger partial charge in [0.05, 0.1) is 0 Å². The van der Waals surface area contributed by atoms with Gasteiger partial charge in [0.15, 0.2) is 5.82 Å². The van der Waals surface area contributed by atoms with E-state index in [9.17, 15) is 9.59 Å². The molecule has 1 aliphatic heterocycles. The third-order valence-corrected chi connectivity index (χ3v) is 2.35. The van der Waals surface area contributed by atoms with Crippen LogP contribution >= 0.6 is 0 Å². The van der Waals surface area contributed by atoms with Crippen LogP contribution in [0.5, 0.6) is 0 Å². The lowest BCUT2D eigenvalue weighted by molar-refractivity contribution is -0.121. The molecule has 0 saturated heterocycles. The topological polar surface area (TPSA) is 112 Å². The zero-order chi connectivity index (χ0) is 13.1. The number of hydrogen-bond donors (Lipinski definition) is 2. The smallest absolute Gasteiger partial charge is 0.273 e. The molecular formula is C10H10N6O2. The number of aromatic nitrogens is 2. The number of carbonyl (C=O) groups excluding carboxylic acids is 2. The van der Waals surface area contributed by atoms with Crippen LogP contribution in [-0.4, -0.2) is 27.3 Å². The highest BCUT2D eigenvalue weighted by Gasteiger charge is 2.20. The third-order valence-electron chi connectivity index (χ3n) is 2.35. The highest BCUT2D eigenvalue weighted by Crippen LogP contribution is 2.11. The lowest BCUT2D eigenvalue weighted by atomic mass is 10.1. The monoisotopic (exact) mass is 246 g/mol.